The number of amides is 2. The lowest BCUT2D eigenvalue weighted by atomic mass is 10.3. The quantitative estimate of drug-likeness (QED) is 0.442. The first-order chi connectivity index (χ1) is 15.2. The van der Waals surface area contributed by atoms with Gasteiger partial charge in [-0.15, -0.1) is 5.10 Å². The third kappa shape index (κ3) is 5.45. The number of aromatic nitrogens is 3. The molecule has 0 saturated carbocycles. The number of hydrogen-bond donors (Lipinski definition) is 3. The highest BCUT2D eigenvalue weighted by atomic mass is 32.2. The van der Waals surface area contributed by atoms with Crippen molar-refractivity contribution in [2.24, 2.45) is 0 Å². The van der Waals surface area contributed by atoms with Crippen molar-refractivity contribution < 1.29 is 22.7 Å². The number of hydrogen-bond acceptors (Lipinski definition) is 7. The maximum atomic E-state index is 12.3. The summed E-state index contributed by atoms with van der Waals surface area (Å²) in [4.78, 5) is 12.3. The van der Waals surface area contributed by atoms with E-state index >= 15 is 0 Å². The van der Waals surface area contributed by atoms with Crippen LogP contribution in [-0.2, 0) is 16.6 Å². The minimum atomic E-state index is -3.62. The van der Waals surface area contributed by atoms with E-state index in [4.69, 9.17) is 9.47 Å². The second-order valence-electron chi connectivity index (χ2n) is 7.19. The molecule has 1 heterocycles. The molecular weight excluding hydrogens is 436 g/mol. The Balaban J connectivity index is 1.60. The van der Waals surface area contributed by atoms with E-state index in [1.165, 1.54) is 26.4 Å². The molecule has 32 heavy (non-hydrogen) atoms. The van der Waals surface area contributed by atoms with Crippen LogP contribution in [0.2, 0.25) is 0 Å². The summed E-state index contributed by atoms with van der Waals surface area (Å²) in [6.07, 6.45) is 0. The minimum absolute atomic E-state index is 0.123. The van der Waals surface area contributed by atoms with Crippen molar-refractivity contribution in [3.63, 3.8) is 0 Å². The molecule has 0 saturated heterocycles. The molecule has 2 aromatic carbocycles. The molecule has 0 aliphatic carbocycles. The summed E-state index contributed by atoms with van der Waals surface area (Å²) in [5.41, 5.74) is 1.66. The molecule has 0 unspecified atom stereocenters. The second-order valence-corrected chi connectivity index (χ2v) is 8.90. The number of nitrogens with one attached hydrogen (secondary N) is 3. The lowest BCUT2D eigenvalue weighted by Crippen LogP contribution is -2.31. The van der Waals surface area contributed by atoms with Crippen LogP contribution in [0.5, 0.6) is 11.5 Å². The summed E-state index contributed by atoms with van der Waals surface area (Å²) in [5.74, 6) is 1.07. The van der Waals surface area contributed by atoms with Gasteiger partial charge in [0.2, 0.25) is 10.0 Å². The summed E-state index contributed by atoms with van der Waals surface area (Å²) in [6, 6.07) is 9.06. The summed E-state index contributed by atoms with van der Waals surface area (Å²) in [7, 11) is -0.566. The molecule has 3 aromatic rings. The smallest absolute Gasteiger partial charge is 0.319 e. The average Bonchev–Trinajstić information content (AvgIpc) is 3.15. The highest BCUT2D eigenvalue weighted by Crippen LogP contribution is 2.29. The monoisotopic (exact) mass is 462 g/mol. The van der Waals surface area contributed by atoms with Crippen LogP contribution in [-0.4, -0.2) is 56.2 Å². The van der Waals surface area contributed by atoms with Gasteiger partial charge in [-0.3, -0.25) is 0 Å². The molecule has 12 heteroatoms. The van der Waals surface area contributed by atoms with Crippen molar-refractivity contribution in [2.75, 3.05) is 26.1 Å². The predicted molar refractivity (Wildman–Crippen MR) is 120 cm³/mol. The van der Waals surface area contributed by atoms with E-state index in [-0.39, 0.29) is 17.5 Å². The molecule has 0 spiro atoms. The zero-order valence-electron chi connectivity index (χ0n) is 18.2. The molecule has 0 fully saturated rings. The van der Waals surface area contributed by atoms with Crippen molar-refractivity contribution in [2.45, 2.75) is 31.3 Å². The Morgan fingerprint density at radius 3 is 2.53 bits per heavy atom. The maximum absolute atomic E-state index is 12.3. The Morgan fingerprint density at radius 1 is 1.09 bits per heavy atom. The number of ether oxygens (including phenoxy) is 2. The number of anilines is 1. The number of fused-ring (bicyclic) bond motifs is 1. The Labute approximate surface area is 186 Å². The van der Waals surface area contributed by atoms with Gasteiger partial charge in [-0.25, -0.2) is 22.6 Å². The van der Waals surface area contributed by atoms with Gasteiger partial charge in [-0.1, -0.05) is 5.21 Å². The molecule has 0 radical (unpaired) electrons. The summed E-state index contributed by atoms with van der Waals surface area (Å²) >= 11 is 0. The van der Waals surface area contributed by atoms with Gasteiger partial charge < -0.3 is 20.1 Å². The Kier molecular flexibility index (Phi) is 7.15. The van der Waals surface area contributed by atoms with Gasteiger partial charge in [0.1, 0.15) is 5.52 Å². The van der Waals surface area contributed by atoms with Crippen LogP contribution in [0.15, 0.2) is 41.3 Å². The van der Waals surface area contributed by atoms with Crippen molar-refractivity contribution in [3.05, 3.63) is 36.4 Å². The first kappa shape index (κ1) is 23.3. The zero-order chi connectivity index (χ0) is 23.3. The molecule has 2 amide bonds. The van der Waals surface area contributed by atoms with E-state index in [0.717, 1.165) is 0 Å². The van der Waals surface area contributed by atoms with Gasteiger partial charge in [0.15, 0.2) is 11.5 Å². The molecule has 3 N–H and O–H groups in total. The maximum Gasteiger partial charge on any atom is 0.319 e. The largest absolute Gasteiger partial charge is 0.493 e. The van der Waals surface area contributed by atoms with Crippen LogP contribution in [0.4, 0.5) is 10.5 Å². The predicted octanol–water partition coefficient (Wildman–Crippen LogP) is 1.96. The first-order valence-corrected chi connectivity index (χ1v) is 11.3. The molecule has 0 aliphatic rings. The molecule has 3 rings (SSSR count). The number of sulfonamides is 1. The van der Waals surface area contributed by atoms with Crippen LogP contribution < -0.4 is 24.8 Å². The standard InChI is InChI=1S/C20H26N6O5S/c1-13(2)24-32(28,29)15-6-7-17-16(12-15)23-25-26(17)10-9-21-20(27)22-14-5-8-18(30-3)19(11-14)31-4/h5-8,11-13,24H,9-10H2,1-4H3,(H2,21,22,27). The molecule has 172 valence electrons. The number of methoxy groups -OCH3 is 2. The Bertz CT molecular complexity index is 1210. The summed E-state index contributed by atoms with van der Waals surface area (Å²) in [6.45, 7) is 4.14. The zero-order valence-corrected chi connectivity index (χ0v) is 19.1. The van der Waals surface area contributed by atoms with E-state index in [1.54, 1.807) is 42.8 Å². The summed E-state index contributed by atoms with van der Waals surface area (Å²) < 4.78 is 39.2. The normalized spacial score (nSPS) is 11.5. The van der Waals surface area contributed by atoms with E-state index in [1.807, 2.05) is 0 Å². The van der Waals surface area contributed by atoms with Crippen LogP contribution >= 0.6 is 0 Å². The molecule has 0 bridgehead atoms. The van der Waals surface area contributed by atoms with E-state index in [2.05, 4.69) is 25.7 Å². The number of urea groups is 1. The van der Waals surface area contributed by atoms with Gasteiger partial charge in [0, 0.05) is 24.3 Å². The second kappa shape index (κ2) is 9.83. The highest BCUT2D eigenvalue weighted by Gasteiger charge is 2.17. The molecular formula is C20H26N6O5S. The van der Waals surface area contributed by atoms with Crippen molar-refractivity contribution in [1.82, 2.24) is 25.0 Å². The van der Waals surface area contributed by atoms with Gasteiger partial charge >= 0.3 is 6.03 Å². The highest BCUT2D eigenvalue weighted by molar-refractivity contribution is 7.89. The fraction of sp³-hybridized carbons (Fsp3) is 0.350. The topological polar surface area (TPSA) is 136 Å². The third-order valence-corrected chi connectivity index (χ3v) is 6.09. The van der Waals surface area contributed by atoms with E-state index in [0.29, 0.717) is 34.8 Å². The van der Waals surface area contributed by atoms with Crippen molar-refractivity contribution in [3.8, 4) is 11.5 Å². The first-order valence-electron chi connectivity index (χ1n) is 9.86. The van der Waals surface area contributed by atoms with Crippen molar-refractivity contribution >= 4 is 32.8 Å². The van der Waals surface area contributed by atoms with Gasteiger partial charge in [-0.05, 0) is 44.2 Å². The number of benzene rings is 2. The summed E-state index contributed by atoms with van der Waals surface area (Å²) in [5, 5.41) is 13.6. The molecule has 0 atom stereocenters. The van der Waals surface area contributed by atoms with Crippen LogP contribution in [0.25, 0.3) is 11.0 Å². The third-order valence-electron chi connectivity index (χ3n) is 4.44. The van der Waals surface area contributed by atoms with Gasteiger partial charge in [0.25, 0.3) is 0 Å². The SMILES string of the molecule is COc1ccc(NC(=O)NCCn2nnc3cc(S(=O)(=O)NC(C)C)ccc32)cc1OC. The van der Waals surface area contributed by atoms with Crippen molar-refractivity contribution in [1.29, 1.82) is 0 Å². The number of nitrogens with zero attached hydrogens (tertiary/aromatic N) is 3. The van der Waals surface area contributed by atoms with Crippen LogP contribution in [0, 0.1) is 0 Å². The fourth-order valence-electron chi connectivity index (χ4n) is 3.03. The fourth-order valence-corrected chi connectivity index (χ4v) is 4.30. The minimum Gasteiger partial charge on any atom is -0.493 e. The van der Waals surface area contributed by atoms with Crippen LogP contribution in [0.3, 0.4) is 0 Å². The molecule has 1 aromatic heterocycles. The molecule has 11 nitrogen and oxygen atoms in total. The van der Waals surface area contributed by atoms with Gasteiger partial charge in [-0.2, -0.15) is 0 Å². The van der Waals surface area contributed by atoms with Gasteiger partial charge in [0.05, 0.1) is 31.2 Å². The molecule has 0 aliphatic heterocycles. The number of carbonyl (C=O) groups is 1. The lowest BCUT2D eigenvalue weighted by molar-refractivity contribution is 0.251. The van der Waals surface area contributed by atoms with E-state index in [9.17, 15) is 13.2 Å². The van der Waals surface area contributed by atoms with E-state index < -0.39 is 16.1 Å². The lowest BCUT2D eigenvalue weighted by Gasteiger charge is -2.11. The number of carbonyl (C=O) groups excluding carboxylic acids is 1. The Hall–Kier alpha value is -3.38. The Morgan fingerprint density at radius 2 is 1.84 bits per heavy atom. The average molecular weight is 463 g/mol. The number of rotatable bonds is 9. The van der Waals surface area contributed by atoms with Crippen LogP contribution in [0.1, 0.15) is 13.8 Å².